The van der Waals surface area contributed by atoms with Crippen LogP contribution in [0.5, 0.6) is 0 Å². The van der Waals surface area contributed by atoms with Gasteiger partial charge in [-0.1, -0.05) is 22.9 Å². The number of anilines is 2. The van der Waals surface area contributed by atoms with E-state index in [1.54, 1.807) is 11.8 Å². The van der Waals surface area contributed by atoms with Crippen LogP contribution < -0.4 is 11.5 Å². The van der Waals surface area contributed by atoms with E-state index in [1.807, 2.05) is 6.07 Å². The minimum absolute atomic E-state index is 0.674. The molecule has 0 atom stereocenters. The highest BCUT2D eigenvalue weighted by Gasteiger charge is 2.04. The molecule has 0 amide bonds. The number of thioether (sulfide) groups is 1. The van der Waals surface area contributed by atoms with Gasteiger partial charge in [-0.15, -0.1) is 11.8 Å². The van der Waals surface area contributed by atoms with E-state index in [0.717, 1.165) is 16.6 Å². The van der Waals surface area contributed by atoms with Gasteiger partial charge < -0.3 is 11.5 Å². The van der Waals surface area contributed by atoms with Crippen molar-refractivity contribution in [2.24, 2.45) is 0 Å². The Morgan fingerprint density at radius 3 is 2.62 bits per heavy atom. The Morgan fingerprint density at radius 2 is 2.08 bits per heavy atom. The van der Waals surface area contributed by atoms with Gasteiger partial charge >= 0.3 is 0 Å². The van der Waals surface area contributed by atoms with E-state index < -0.39 is 0 Å². The molecule has 1 rings (SSSR count). The maximum absolute atomic E-state index is 5.79. The van der Waals surface area contributed by atoms with Crippen LogP contribution in [0.1, 0.15) is 12.5 Å². The van der Waals surface area contributed by atoms with Gasteiger partial charge in [0.1, 0.15) is 0 Å². The van der Waals surface area contributed by atoms with Crippen LogP contribution in [-0.4, -0.2) is 5.75 Å². The molecule has 0 spiro atoms. The molecule has 0 heterocycles. The molecule has 0 saturated heterocycles. The predicted molar refractivity (Wildman–Crippen MR) is 64.3 cm³/mol. The van der Waals surface area contributed by atoms with Gasteiger partial charge in [0, 0.05) is 10.2 Å². The van der Waals surface area contributed by atoms with Crippen molar-refractivity contribution in [1.82, 2.24) is 0 Å². The Kier molecular flexibility index (Phi) is 3.93. The molecule has 72 valence electrons. The van der Waals surface area contributed by atoms with Crippen LogP contribution in [-0.2, 0) is 5.33 Å². The van der Waals surface area contributed by atoms with Crippen molar-refractivity contribution in [3.8, 4) is 0 Å². The third kappa shape index (κ3) is 2.54. The summed E-state index contributed by atoms with van der Waals surface area (Å²) in [6, 6.07) is 4.00. The first-order valence-corrected chi connectivity index (χ1v) is 6.16. The maximum Gasteiger partial charge on any atom is 0.0589 e. The Labute approximate surface area is 91.2 Å². The van der Waals surface area contributed by atoms with Crippen LogP contribution in [0.25, 0.3) is 0 Å². The number of hydrogen-bond donors (Lipinski definition) is 2. The van der Waals surface area contributed by atoms with Crippen molar-refractivity contribution < 1.29 is 0 Å². The second-order valence-electron chi connectivity index (χ2n) is 2.65. The monoisotopic (exact) mass is 260 g/mol. The lowest BCUT2D eigenvalue weighted by Crippen LogP contribution is -1.99. The molecule has 1 aromatic rings. The number of hydrogen-bond acceptors (Lipinski definition) is 3. The van der Waals surface area contributed by atoms with Gasteiger partial charge in [-0.25, -0.2) is 0 Å². The summed E-state index contributed by atoms with van der Waals surface area (Å²) < 4.78 is 0. The molecule has 2 nitrogen and oxygen atoms in total. The Morgan fingerprint density at radius 1 is 1.38 bits per heavy atom. The van der Waals surface area contributed by atoms with E-state index in [-0.39, 0.29) is 0 Å². The summed E-state index contributed by atoms with van der Waals surface area (Å²) in [6.45, 7) is 2.12. The van der Waals surface area contributed by atoms with Crippen molar-refractivity contribution in [3.05, 3.63) is 17.7 Å². The number of alkyl halides is 1. The fourth-order valence-electron chi connectivity index (χ4n) is 1.07. The molecule has 0 aliphatic carbocycles. The third-order valence-electron chi connectivity index (χ3n) is 1.73. The molecule has 13 heavy (non-hydrogen) atoms. The van der Waals surface area contributed by atoms with Crippen molar-refractivity contribution in [1.29, 1.82) is 0 Å². The van der Waals surface area contributed by atoms with E-state index in [9.17, 15) is 0 Å². The van der Waals surface area contributed by atoms with E-state index in [0.29, 0.717) is 11.4 Å². The summed E-state index contributed by atoms with van der Waals surface area (Å²) in [5.41, 5.74) is 14.0. The highest BCUT2D eigenvalue weighted by atomic mass is 79.9. The Bertz CT molecular complexity index is 302. The largest absolute Gasteiger partial charge is 0.397 e. The summed E-state index contributed by atoms with van der Waals surface area (Å²) in [6.07, 6.45) is 0. The average molecular weight is 261 g/mol. The first kappa shape index (κ1) is 10.7. The van der Waals surface area contributed by atoms with Crippen molar-refractivity contribution >= 4 is 39.1 Å². The minimum Gasteiger partial charge on any atom is -0.397 e. The van der Waals surface area contributed by atoms with Gasteiger partial charge in [0.15, 0.2) is 0 Å². The van der Waals surface area contributed by atoms with E-state index in [2.05, 4.69) is 28.9 Å². The number of nitrogens with two attached hydrogens (primary N) is 2. The van der Waals surface area contributed by atoms with Crippen LogP contribution in [0.2, 0.25) is 0 Å². The molecule has 4 N–H and O–H groups in total. The van der Waals surface area contributed by atoms with Gasteiger partial charge in [0.2, 0.25) is 0 Å². The fourth-order valence-corrected chi connectivity index (χ4v) is 2.30. The number of nitrogen functional groups attached to an aromatic ring is 2. The van der Waals surface area contributed by atoms with Crippen LogP contribution in [0, 0.1) is 0 Å². The zero-order valence-corrected chi connectivity index (χ0v) is 9.91. The lowest BCUT2D eigenvalue weighted by Gasteiger charge is -2.08. The quantitative estimate of drug-likeness (QED) is 0.499. The van der Waals surface area contributed by atoms with E-state index in [4.69, 9.17) is 11.5 Å². The van der Waals surface area contributed by atoms with Crippen molar-refractivity contribution in [3.63, 3.8) is 0 Å². The molecule has 0 aliphatic rings. The Balaban J connectivity index is 3.06. The van der Waals surface area contributed by atoms with Crippen molar-refractivity contribution in [2.45, 2.75) is 17.1 Å². The molecule has 0 radical (unpaired) electrons. The predicted octanol–water partition coefficient (Wildman–Crippen LogP) is 2.86. The fraction of sp³-hybridized carbons (Fsp3) is 0.333. The lowest BCUT2D eigenvalue weighted by atomic mass is 10.2. The van der Waals surface area contributed by atoms with Crippen LogP contribution in [0.3, 0.4) is 0 Å². The zero-order chi connectivity index (χ0) is 9.84. The Hall–Kier alpha value is -0.350. The molecule has 1 aromatic carbocycles. The molecule has 0 aliphatic heterocycles. The van der Waals surface area contributed by atoms with Gasteiger partial charge in [-0.3, -0.25) is 0 Å². The van der Waals surface area contributed by atoms with Crippen molar-refractivity contribution in [2.75, 3.05) is 17.2 Å². The normalized spacial score (nSPS) is 10.3. The molecule has 0 saturated carbocycles. The lowest BCUT2D eigenvalue weighted by molar-refractivity contribution is 1.34. The molecule has 0 fully saturated rings. The SMILES string of the molecule is CCSc1cc(N)c(N)c(CBr)c1. The first-order valence-electron chi connectivity index (χ1n) is 4.05. The first-order chi connectivity index (χ1) is 6.19. The second kappa shape index (κ2) is 4.77. The summed E-state index contributed by atoms with van der Waals surface area (Å²) in [5.74, 6) is 1.05. The molecule has 0 bridgehead atoms. The summed E-state index contributed by atoms with van der Waals surface area (Å²) in [5, 5.41) is 0.751. The number of halogens is 1. The van der Waals surface area contributed by atoms with E-state index >= 15 is 0 Å². The molecule has 0 unspecified atom stereocenters. The summed E-state index contributed by atoms with van der Waals surface area (Å²) >= 11 is 5.15. The smallest absolute Gasteiger partial charge is 0.0589 e. The van der Waals surface area contributed by atoms with Crippen LogP contribution in [0.4, 0.5) is 11.4 Å². The molecule has 0 aromatic heterocycles. The molecular weight excluding hydrogens is 248 g/mol. The standard InChI is InChI=1S/C9H13BrN2S/c1-2-13-7-3-6(5-10)9(12)8(11)4-7/h3-4H,2,5,11-12H2,1H3. The highest BCUT2D eigenvalue weighted by molar-refractivity contribution is 9.08. The molecule has 4 heteroatoms. The van der Waals surface area contributed by atoms with Crippen LogP contribution >= 0.6 is 27.7 Å². The van der Waals surface area contributed by atoms with E-state index in [1.165, 1.54) is 4.90 Å². The maximum atomic E-state index is 5.79. The van der Waals surface area contributed by atoms with Gasteiger partial charge in [-0.05, 0) is 23.4 Å². The number of rotatable bonds is 3. The molecular formula is C9H13BrN2S. The van der Waals surface area contributed by atoms with Crippen LogP contribution in [0.15, 0.2) is 17.0 Å². The third-order valence-corrected chi connectivity index (χ3v) is 3.19. The topological polar surface area (TPSA) is 52.0 Å². The van der Waals surface area contributed by atoms with Gasteiger partial charge in [0.05, 0.1) is 11.4 Å². The summed E-state index contributed by atoms with van der Waals surface area (Å²) in [7, 11) is 0. The highest BCUT2D eigenvalue weighted by Crippen LogP contribution is 2.29. The van der Waals surface area contributed by atoms with Gasteiger partial charge in [-0.2, -0.15) is 0 Å². The zero-order valence-electron chi connectivity index (χ0n) is 7.51. The average Bonchev–Trinajstić information content (AvgIpc) is 2.11. The second-order valence-corrected chi connectivity index (χ2v) is 4.55. The summed E-state index contributed by atoms with van der Waals surface area (Å²) in [4.78, 5) is 1.18. The van der Waals surface area contributed by atoms with Gasteiger partial charge in [0.25, 0.3) is 0 Å². The number of benzene rings is 1. The minimum atomic E-state index is 0.674.